The van der Waals surface area contributed by atoms with Gasteiger partial charge in [-0.2, -0.15) is 0 Å². The van der Waals surface area contributed by atoms with Gasteiger partial charge in [0.15, 0.2) is 6.61 Å². The number of ether oxygens (including phenoxy) is 1. The lowest BCUT2D eigenvalue weighted by Crippen LogP contribution is -2.39. The van der Waals surface area contributed by atoms with Crippen molar-refractivity contribution in [2.75, 3.05) is 36.0 Å². The van der Waals surface area contributed by atoms with Gasteiger partial charge in [-0.15, -0.1) is 6.42 Å². The molecule has 1 aliphatic heterocycles. The fourth-order valence-corrected chi connectivity index (χ4v) is 2.51. The Morgan fingerprint density at radius 1 is 1.57 bits per heavy atom. The maximum Gasteiger partial charge on any atom is 0.308 e. The molecule has 23 heavy (non-hydrogen) atoms. The number of anilines is 2. The lowest BCUT2D eigenvalue weighted by atomic mass is 10.1. The Balaban J connectivity index is 2.34. The van der Waals surface area contributed by atoms with Gasteiger partial charge in [-0.25, -0.2) is 0 Å². The molecule has 0 aliphatic carbocycles. The zero-order chi connectivity index (χ0) is 17.0. The zero-order valence-corrected chi connectivity index (χ0v) is 13.3. The van der Waals surface area contributed by atoms with Gasteiger partial charge in [0.1, 0.15) is 5.75 Å². The van der Waals surface area contributed by atoms with Gasteiger partial charge in [0.05, 0.1) is 18.2 Å². The van der Waals surface area contributed by atoms with Crippen molar-refractivity contribution in [2.45, 2.75) is 13.8 Å². The first-order chi connectivity index (χ1) is 11.0. The van der Waals surface area contributed by atoms with Crippen LogP contribution in [-0.4, -0.2) is 43.2 Å². The monoisotopic (exact) mass is 316 g/mol. The minimum atomic E-state index is -0.876. The highest BCUT2D eigenvalue weighted by Crippen LogP contribution is 2.35. The van der Waals surface area contributed by atoms with Crippen molar-refractivity contribution in [3.63, 3.8) is 0 Å². The number of hydrogen-bond acceptors (Lipinski definition) is 4. The van der Waals surface area contributed by atoms with Crippen LogP contribution in [-0.2, 0) is 9.59 Å². The van der Waals surface area contributed by atoms with E-state index < -0.39 is 11.9 Å². The summed E-state index contributed by atoms with van der Waals surface area (Å²) in [5.41, 5.74) is 1.46. The summed E-state index contributed by atoms with van der Waals surface area (Å²) in [6.07, 6.45) is 5.40. The van der Waals surface area contributed by atoms with Crippen LogP contribution in [0.1, 0.15) is 13.8 Å². The van der Waals surface area contributed by atoms with Crippen molar-refractivity contribution in [3.05, 3.63) is 18.2 Å². The molecule has 1 N–H and O–H groups in total. The molecular weight excluding hydrogens is 296 g/mol. The molecular formula is C17H20N2O4. The number of carbonyl (C=O) groups is 2. The first kappa shape index (κ1) is 16.7. The molecule has 1 aliphatic rings. The van der Waals surface area contributed by atoms with E-state index in [1.807, 2.05) is 24.0 Å². The van der Waals surface area contributed by atoms with Crippen molar-refractivity contribution >= 4 is 23.3 Å². The topological polar surface area (TPSA) is 70.1 Å². The Morgan fingerprint density at radius 2 is 2.30 bits per heavy atom. The summed E-state index contributed by atoms with van der Waals surface area (Å²) in [5.74, 6) is 1.66. The number of hydrogen-bond donors (Lipinski definition) is 1. The van der Waals surface area contributed by atoms with Crippen LogP contribution in [0.15, 0.2) is 18.2 Å². The molecule has 0 fully saturated rings. The van der Waals surface area contributed by atoms with Gasteiger partial charge < -0.3 is 19.6 Å². The lowest BCUT2D eigenvalue weighted by molar-refractivity contribution is -0.140. The number of fused-ring (bicyclic) bond motifs is 1. The highest BCUT2D eigenvalue weighted by molar-refractivity contribution is 5.98. The Morgan fingerprint density at radius 3 is 2.91 bits per heavy atom. The van der Waals surface area contributed by atoms with Crippen LogP contribution in [0.25, 0.3) is 0 Å². The fraction of sp³-hybridized carbons (Fsp3) is 0.412. The summed E-state index contributed by atoms with van der Waals surface area (Å²) < 4.78 is 5.44. The number of carbonyl (C=O) groups excluding carboxylic acids is 1. The smallest absolute Gasteiger partial charge is 0.308 e. The second kappa shape index (κ2) is 7.05. The molecule has 6 nitrogen and oxygen atoms in total. The van der Waals surface area contributed by atoms with Crippen LogP contribution < -0.4 is 14.5 Å². The molecule has 1 aromatic carbocycles. The molecule has 122 valence electrons. The van der Waals surface area contributed by atoms with Crippen molar-refractivity contribution < 1.29 is 19.4 Å². The van der Waals surface area contributed by atoms with Crippen molar-refractivity contribution in [3.8, 4) is 18.1 Å². The highest BCUT2D eigenvalue weighted by atomic mass is 16.5. The predicted octanol–water partition coefficient (Wildman–Crippen LogP) is 1.59. The van der Waals surface area contributed by atoms with Gasteiger partial charge in [0.2, 0.25) is 0 Å². The predicted molar refractivity (Wildman–Crippen MR) is 87.8 cm³/mol. The maximum absolute atomic E-state index is 11.9. The highest BCUT2D eigenvalue weighted by Gasteiger charge is 2.25. The molecule has 1 aromatic rings. The van der Waals surface area contributed by atoms with E-state index >= 15 is 0 Å². The normalized spacial score (nSPS) is 14.5. The minimum absolute atomic E-state index is 0.0320. The van der Waals surface area contributed by atoms with Crippen molar-refractivity contribution in [2.24, 2.45) is 5.92 Å². The number of terminal acetylenes is 1. The summed E-state index contributed by atoms with van der Waals surface area (Å²) >= 11 is 0. The van der Waals surface area contributed by atoms with Crippen LogP contribution in [0.4, 0.5) is 11.4 Å². The molecule has 0 saturated carbocycles. The third-order valence-electron chi connectivity index (χ3n) is 3.76. The van der Waals surface area contributed by atoms with E-state index in [0.29, 0.717) is 24.5 Å². The largest absolute Gasteiger partial charge is 0.482 e. The summed E-state index contributed by atoms with van der Waals surface area (Å²) in [6, 6.07) is 5.44. The van der Waals surface area contributed by atoms with E-state index in [1.54, 1.807) is 17.9 Å². The number of benzene rings is 1. The molecule has 0 saturated heterocycles. The first-order valence-corrected chi connectivity index (χ1v) is 7.46. The van der Waals surface area contributed by atoms with Crippen molar-refractivity contribution in [1.29, 1.82) is 0 Å². The van der Waals surface area contributed by atoms with Crippen molar-refractivity contribution in [1.82, 2.24) is 0 Å². The van der Waals surface area contributed by atoms with Crippen LogP contribution in [0.3, 0.4) is 0 Å². The third kappa shape index (κ3) is 3.57. The number of carboxylic acids is 1. The fourth-order valence-electron chi connectivity index (χ4n) is 2.51. The number of aliphatic carboxylic acids is 1. The molecule has 0 radical (unpaired) electrons. The van der Waals surface area contributed by atoms with E-state index in [1.165, 1.54) is 0 Å². The van der Waals surface area contributed by atoms with Gasteiger partial charge in [0.25, 0.3) is 5.91 Å². The number of nitrogens with zero attached hydrogens (tertiary/aromatic N) is 2. The standard InChI is InChI=1S/C17H20N2O4/c1-4-8-18(10-12(3)17(21)22)13-6-7-15-14(9-13)19(5-2)16(20)11-23-15/h1,6-7,9,12H,5,8,10-11H2,2-3H3,(H,21,22). The van der Waals surface area contributed by atoms with Gasteiger partial charge in [-0.1, -0.05) is 12.8 Å². The molecule has 0 bridgehead atoms. The van der Waals surface area contributed by atoms with Gasteiger partial charge >= 0.3 is 5.97 Å². The van der Waals surface area contributed by atoms with Gasteiger partial charge in [0, 0.05) is 18.8 Å². The van der Waals surface area contributed by atoms with Crippen LogP contribution in [0.2, 0.25) is 0 Å². The molecule has 2 rings (SSSR count). The molecule has 6 heteroatoms. The summed E-state index contributed by atoms with van der Waals surface area (Å²) in [4.78, 5) is 26.5. The number of carboxylic acid groups (broad SMARTS) is 1. The van der Waals surface area contributed by atoms with E-state index in [2.05, 4.69) is 5.92 Å². The second-order valence-electron chi connectivity index (χ2n) is 5.40. The van der Waals surface area contributed by atoms with Crippen LogP contribution in [0.5, 0.6) is 5.75 Å². The summed E-state index contributed by atoms with van der Waals surface area (Å²) in [7, 11) is 0. The third-order valence-corrected chi connectivity index (χ3v) is 3.76. The quantitative estimate of drug-likeness (QED) is 0.807. The number of amides is 1. The van der Waals surface area contributed by atoms with E-state index in [0.717, 1.165) is 5.69 Å². The number of rotatable bonds is 6. The molecule has 1 unspecified atom stereocenters. The average Bonchev–Trinajstić information content (AvgIpc) is 2.53. The number of likely N-dealkylation sites (N-methyl/N-ethyl adjacent to an activating group) is 1. The van der Waals surface area contributed by atoms with Gasteiger partial charge in [-0.05, 0) is 25.1 Å². The lowest BCUT2D eigenvalue weighted by Gasteiger charge is -2.31. The Labute approximate surface area is 135 Å². The first-order valence-electron chi connectivity index (χ1n) is 7.46. The molecule has 0 aromatic heterocycles. The maximum atomic E-state index is 11.9. The second-order valence-corrected chi connectivity index (χ2v) is 5.40. The van der Waals surface area contributed by atoms with Crippen LogP contribution >= 0.6 is 0 Å². The molecule has 1 heterocycles. The van der Waals surface area contributed by atoms with Gasteiger partial charge in [-0.3, -0.25) is 9.59 Å². The molecule has 1 amide bonds. The summed E-state index contributed by atoms with van der Waals surface area (Å²) in [5, 5.41) is 9.10. The zero-order valence-electron chi connectivity index (χ0n) is 13.3. The Bertz CT molecular complexity index is 650. The van der Waals surface area contributed by atoms with E-state index in [4.69, 9.17) is 16.3 Å². The van der Waals surface area contributed by atoms with Crippen LogP contribution in [0, 0.1) is 18.3 Å². The Kier molecular flexibility index (Phi) is 5.12. The SMILES string of the molecule is C#CCN(CC(C)C(=O)O)c1ccc2c(c1)N(CC)C(=O)CO2. The summed E-state index contributed by atoms with van der Waals surface area (Å²) in [6.45, 7) is 4.68. The molecule has 0 spiro atoms. The Hall–Kier alpha value is -2.68. The van der Waals surface area contributed by atoms with E-state index in [9.17, 15) is 9.59 Å². The van der Waals surface area contributed by atoms with E-state index in [-0.39, 0.29) is 19.1 Å². The molecule has 1 atom stereocenters. The minimum Gasteiger partial charge on any atom is -0.482 e. The average molecular weight is 316 g/mol.